The standard InChI is InChI=1S/C24H31NO/c1-3-23(26)24(21-13-7-4-8-14-21,22-15-9-5-10-16-22)19-20(2)25-17-11-6-12-18-25/h4-5,7-10,13-16,20H,3,6,11-12,17-19H2,1-2H3. The minimum Gasteiger partial charge on any atom is -0.301 e. The molecule has 0 N–H and O–H groups in total. The maximum Gasteiger partial charge on any atom is 0.147 e. The van der Waals surface area contributed by atoms with Gasteiger partial charge in [-0.25, -0.2) is 0 Å². The molecular weight excluding hydrogens is 318 g/mol. The van der Waals surface area contributed by atoms with Gasteiger partial charge in [0, 0.05) is 12.5 Å². The van der Waals surface area contributed by atoms with Crippen LogP contribution in [0, 0.1) is 0 Å². The Morgan fingerprint density at radius 1 is 0.923 bits per heavy atom. The number of piperidine rings is 1. The van der Waals surface area contributed by atoms with Crippen LogP contribution >= 0.6 is 0 Å². The van der Waals surface area contributed by atoms with E-state index in [2.05, 4.69) is 60.4 Å². The van der Waals surface area contributed by atoms with E-state index in [0.29, 0.717) is 18.2 Å². The van der Waals surface area contributed by atoms with Crippen molar-refractivity contribution in [2.24, 2.45) is 0 Å². The van der Waals surface area contributed by atoms with Gasteiger partial charge in [0.1, 0.15) is 5.78 Å². The van der Waals surface area contributed by atoms with E-state index in [1.165, 1.54) is 19.3 Å². The second-order valence-corrected chi connectivity index (χ2v) is 7.56. The Bertz CT molecular complexity index is 649. The molecule has 1 aliphatic rings. The van der Waals surface area contributed by atoms with E-state index in [1.54, 1.807) is 0 Å². The summed E-state index contributed by atoms with van der Waals surface area (Å²) in [5, 5.41) is 0. The Morgan fingerprint density at radius 3 is 1.88 bits per heavy atom. The van der Waals surface area contributed by atoms with Crippen molar-refractivity contribution in [2.75, 3.05) is 13.1 Å². The van der Waals surface area contributed by atoms with E-state index in [0.717, 1.165) is 30.6 Å². The summed E-state index contributed by atoms with van der Waals surface area (Å²) in [4.78, 5) is 16.0. The molecule has 0 saturated carbocycles. The number of rotatable bonds is 7. The van der Waals surface area contributed by atoms with Crippen molar-refractivity contribution < 1.29 is 4.79 Å². The van der Waals surface area contributed by atoms with Crippen LogP contribution in [0.25, 0.3) is 0 Å². The van der Waals surface area contributed by atoms with E-state index < -0.39 is 5.41 Å². The van der Waals surface area contributed by atoms with Crippen molar-refractivity contribution in [2.45, 2.75) is 57.4 Å². The fourth-order valence-corrected chi connectivity index (χ4v) is 4.52. The SMILES string of the molecule is CCC(=O)C(CC(C)N1CCCCC1)(c1ccccc1)c1ccccc1. The second-order valence-electron chi connectivity index (χ2n) is 7.56. The fourth-order valence-electron chi connectivity index (χ4n) is 4.52. The highest BCUT2D eigenvalue weighted by Gasteiger charge is 2.42. The van der Waals surface area contributed by atoms with Crippen LogP contribution < -0.4 is 0 Å². The number of benzene rings is 2. The molecule has 26 heavy (non-hydrogen) atoms. The maximum atomic E-state index is 13.4. The van der Waals surface area contributed by atoms with Gasteiger partial charge in [-0.1, -0.05) is 74.0 Å². The first-order valence-electron chi connectivity index (χ1n) is 10.1. The zero-order valence-corrected chi connectivity index (χ0v) is 16.2. The highest BCUT2D eigenvalue weighted by molar-refractivity contribution is 5.93. The van der Waals surface area contributed by atoms with Crippen molar-refractivity contribution in [1.29, 1.82) is 0 Å². The Hall–Kier alpha value is -1.93. The summed E-state index contributed by atoms with van der Waals surface area (Å²) in [5.41, 5.74) is 1.69. The number of hydrogen-bond acceptors (Lipinski definition) is 2. The molecule has 1 saturated heterocycles. The molecule has 0 spiro atoms. The van der Waals surface area contributed by atoms with Gasteiger partial charge in [-0.2, -0.15) is 0 Å². The normalized spacial score (nSPS) is 17.0. The minimum atomic E-state index is -0.561. The Labute approximate surface area is 158 Å². The molecule has 0 aromatic heterocycles. The molecule has 0 aliphatic carbocycles. The van der Waals surface area contributed by atoms with Crippen LogP contribution in [0.5, 0.6) is 0 Å². The van der Waals surface area contributed by atoms with E-state index >= 15 is 0 Å². The van der Waals surface area contributed by atoms with Crippen LogP contribution in [-0.2, 0) is 10.2 Å². The molecule has 1 atom stereocenters. The first-order chi connectivity index (χ1) is 12.7. The first-order valence-corrected chi connectivity index (χ1v) is 10.1. The monoisotopic (exact) mass is 349 g/mol. The van der Waals surface area contributed by atoms with Gasteiger partial charge in [-0.15, -0.1) is 0 Å². The lowest BCUT2D eigenvalue weighted by molar-refractivity contribution is -0.123. The zero-order chi connectivity index (χ0) is 18.4. The number of nitrogens with zero attached hydrogens (tertiary/aromatic N) is 1. The molecule has 2 aromatic rings. The summed E-state index contributed by atoms with van der Waals surface area (Å²) < 4.78 is 0. The summed E-state index contributed by atoms with van der Waals surface area (Å²) in [5.74, 6) is 0.318. The minimum absolute atomic E-state index is 0.318. The molecule has 1 aliphatic heterocycles. The highest BCUT2D eigenvalue weighted by Crippen LogP contribution is 2.40. The molecule has 138 valence electrons. The lowest BCUT2D eigenvalue weighted by Gasteiger charge is -2.40. The number of likely N-dealkylation sites (tertiary alicyclic amines) is 1. The van der Waals surface area contributed by atoms with Gasteiger partial charge in [0.2, 0.25) is 0 Å². The van der Waals surface area contributed by atoms with Crippen LogP contribution in [0.3, 0.4) is 0 Å². The highest BCUT2D eigenvalue weighted by atomic mass is 16.1. The third kappa shape index (κ3) is 3.76. The lowest BCUT2D eigenvalue weighted by atomic mass is 9.66. The Balaban J connectivity index is 2.06. The number of Topliss-reactive ketones (excluding diaryl/α,β-unsaturated/α-hetero) is 1. The van der Waals surface area contributed by atoms with Gasteiger partial charge in [-0.3, -0.25) is 4.79 Å². The summed E-state index contributed by atoms with van der Waals surface area (Å²) in [7, 11) is 0. The van der Waals surface area contributed by atoms with Crippen molar-refractivity contribution in [3.05, 3.63) is 71.8 Å². The van der Waals surface area contributed by atoms with Crippen LogP contribution in [0.15, 0.2) is 60.7 Å². The number of carbonyl (C=O) groups is 1. The van der Waals surface area contributed by atoms with Gasteiger partial charge in [0.15, 0.2) is 0 Å². The zero-order valence-electron chi connectivity index (χ0n) is 16.2. The average molecular weight is 350 g/mol. The summed E-state index contributed by atoms with van der Waals surface area (Å²) >= 11 is 0. The summed E-state index contributed by atoms with van der Waals surface area (Å²) in [6.45, 7) is 6.60. The van der Waals surface area contributed by atoms with Gasteiger partial charge in [0.25, 0.3) is 0 Å². The molecule has 0 amide bonds. The smallest absolute Gasteiger partial charge is 0.147 e. The molecule has 1 heterocycles. The first kappa shape index (κ1) is 18.8. The molecule has 2 heteroatoms. The van der Waals surface area contributed by atoms with Gasteiger partial charge in [-0.05, 0) is 50.4 Å². The van der Waals surface area contributed by atoms with Crippen LogP contribution in [0.1, 0.15) is 57.1 Å². The molecule has 2 aromatic carbocycles. The predicted octanol–water partition coefficient (Wildman–Crippen LogP) is 5.22. The number of ketones is 1. The quantitative estimate of drug-likeness (QED) is 0.683. The molecule has 2 nitrogen and oxygen atoms in total. The summed E-state index contributed by atoms with van der Waals surface area (Å²) in [6.07, 6.45) is 5.27. The van der Waals surface area contributed by atoms with E-state index in [4.69, 9.17) is 0 Å². The largest absolute Gasteiger partial charge is 0.301 e. The van der Waals surface area contributed by atoms with Gasteiger partial charge in [0.05, 0.1) is 5.41 Å². The summed E-state index contributed by atoms with van der Waals surface area (Å²) in [6, 6.07) is 21.2. The molecule has 1 unspecified atom stereocenters. The van der Waals surface area contributed by atoms with Crippen molar-refractivity contribution in [1.82, 2.24) is 4.90 Å². The maximum absolute atomic E-state index is 13.4. The second kappa shape index (κ2) is 8.64. The topological polar surface area (TPSA) is 20.3 Å². The third-order valence-corrected chi connectivity index (χ3v) is 5.95. The van der Waals surface area contributed by atoms with Crippen LogP contribution in [-0.4, -0.2) is 29.8 Å². The van der Waals surface area contributed by atoms with Crippen molar-refractivity contribution in [3.63, 3.8) is 0 Å². The predicted molar refractivity (Wildman–Crippen MR) is 108 cm³/mol. The third-order valence-electron chi connectivity index (χ3n) is 5.95. The van der Waals surface area contributed by atoms with Crippen LogP contribution in [0.2, 0.25) is 0 Å². The Kier molecular flexibility index (Phi) is 6.26. The molecule has 0 bridgehead atoms. The molecule has 1 fully saturated rings. The van der Waals surface area contributed by atoms with Gasteiger partial charge < -0.3 is 4.90 Å². The van der Waals surface area contributed by atoms with Crippen LogP contribution in [0.4, 0.5) is 0 Å². The van der Waals surface area contributed by atoms with Gasteiger partial charge >= 0.3 is 0 Å². The average Bonchev–Trinajstić information content (AvgIpc) is 2.73. The van der Waals surface area contributed by atoms with E-state index in [-0.39, 0.29) is 0 Å². The Morgan fingerprint density at radius 2 is 1.42 bits per heavy atom. The van der Waals surface area contributed by atoms with Crippen molar-refractivity contribution in [3.8, 4) is 0 Å². The van der Waals surface area contributed by atoms with Crippen molar-refractivity contribution >= 4 is 5.78 Å². The number of carbonyl (C=O) groups excluding carboxylic acids is 1. The molecule has 0 radical (unpaired) electrons. The van der Waals surface area contributed by atoms with E-state index in [1.807, 2.05) is 19.1 Å². The molecule has 3 rings (SSSR count). The number of hydrogen-bond donors (Lipinski definition) is 0. The lowest BCUT2D eigenvalue weighted by Crippen LogP contribution is -2.46. The molecular formula is C24H31NO. The van der Waals surface area contributed by atoms with E-state index in [9.17, 15) is 4.79 Å². The fraction of sp³-hybridized carbons (Fsp3) is 0.458.